The Morgan fingerprint density at radius 2 is 1.81 bits per heavy atom. The number of carbonyl (C=O) groups is 1. The highest BCUT2D eigenvalue weighted by Crippen LogP contribution is 2.14. The molecule has 1 amide bonds. The van der Waals surface area contributed by atoms with Crippen LogP contribution in [0.3, 0.4) is 0 Å². The molecule has 26 heavy (non-hydrogen) atoms. The van der Waals surface area contributed by atoms with Crippen molar-refractivity contribution >= 4 is 37.5 Å². The lowest BCUT2D eigenvalue weighted by Gasteiger charge is -2.05. The lowest BCUT2D eigenvalue weighted by Crippen LogP contribution is -2.30. The average Bonchev–Trinajstić information content (AvgIpc) is 2.97. The number of nitrogens with one attached hydrogen (secondary N) is 2. The normalized spacial score (nSPS) is 12.4. The fourth-order valence-electron chi connectivity index (χ4n) is 2.34. The van der Waals surface area contributed by atoms with E-state index in [1.807, 2.05) is 35.9 Å². The van der Waals surface area contributed by atoms with Crippen LogP contribution in [0.4, 0.5) is 0 Å². The number of amides is 1. The molecule has 1 aromatic heterocycles. The first-order valence-electron chi connectivity index (χ1n) is 7.89. The molecule has 3 aromatic rings. The summed E-state index contributed by atoms with van der Waals surface area (Å²) >= 11 is 1.46. The van der Waals surface area contributed by atoms with Gasteiger partial charge in [-0.25, -0.2) is 18.6 Å². The molecule has 0 bridgehead atoms. The zero-order chi connectivity index (χ0) is 18.6. The molecule has 0 saturated carbocycles. The molecule has 0 radical (unpaired) electrons. The number of nitrogens with zero attached hydrogens (tertiary/aromatic N) is 2. The van der Waals surface area contributed by atoms with Gasteiger partial charge in [0, 0.05) is 20.0 Å². The van der Waals surface area contributed by atoms with Crippen molar-refractivity contribution in [1.29, 1.82) is 0 Å². The van der Waals surface area contributed by atoms with Gasteiger partial charge in [0.2, 0.25) is 20.7 Å². The van der Waals surface area contributed by atoms with E-state index < -0.39 is 10.0 Å². The summed E-state index contributed by atoms with van der Waals surface area (Å²) in [6.45, 7) is -0.00286. The van der Waals surface area contributed by atoms with Crippen LogP contribution in [0.15, 0.2) is 64.6 Å². The highest BCUT2D eigenvalue weighted by molar-refractivity contribution is 7.89. The number of aromatic nitrogens is 1. The molecule has 0 fully saturated rings. The number of benzene rings is 2. The summed E-state index contributed by atoms with van der Waals surface area (Å²) in [6, 6.07) is 15.9. The van der Waals surface area contributed by atoms with E-state index in [1.54, 1.807) is 18.2 Å². The molecule has 0 aliphatic carbocycles. The van der Waals surface area contributed by atoms with Crippen LogP contribution in [0.1, 0.15) is 6.42 Å². The maximum atomic E-state index is 12.1. The molecule has 0 aliphatic heterocycles. The minimum absolute atomic E-state index is 0.00286. The predicted octanol–water partition coefficient (Wildman–Crippen LogP) is 1.54. The Morgan fingerprint density at radius 3 is 2.54 bits per heavy atom. The molecule has 0 spiro atoms. The molecule has 0 saturated heterocycles. The molecule has 7 nitrogen and oxygen atoms in total. The van der Waals surface area contributed by atoms with Gasteiger partial charge < -0.3 is 4.57 Å². The Bertz CT molecular complexity index is 1090. The van der Waals surface area contributed by atoms with Crippen LogP contribution in [-0.4, -0.2) is 25.4 Å². The summed E-state index contributed by atoms with van der Waals surface area (Å²) in [6.07, 6.45) is -0.00975. The quantitative estimate of drug-likeness (QED) is 0.626. The van der Waals surface area contributed by atoms with E-state index in [9.17, 15) is 13.2 Å². The highest BCUT2D eigenvalue weighted by atomic mass is 32.2. The van der Waals surface area contributed by atoms with Gasteiger partial charge >= 0.3 is 0 Å². The maximum Gasteiger partial charge on any atom is 0.241 e. The van der Waals surface area contributed by atoms with Crippen molar-refractivity contribution in [1.82, 2.24) is 14.7 Å². The molecular weight excluding hydrogens is 372 g/mol. The fraction of sp³-hybridized carbons (Fsp3) is 0.176. The molecule has 9 heteroatoms. The fourth-order valence-corrected chi connectivity index (χ4v) is 4.37. The van der Waals surface area contributed by atoms with Crippen LogP contribution >= 0.6 is 11.3 Å². The monoisotopic (exact) mass is 390 g/mol. The first kappa shape index (κ1) is 18.3. The van der Waals surface area contributed by atoms with Crippen molar-refractivity contribution < 1.29 is 13.2 Å². The van der Waals surface area contributed by atoms with Crippen LogP contribution in [0.5, 0.6) is 0 Å². The number of para-hydroxylation sites is 1. The van der Waals surface area contributed by atoms with Gasteiger partial charge in [0.05, 0.1) is 15.1 Å². The van der Waals surface area contributed by atoms with E-state index >= 15 is 0 Å². The highest BCUT2D eigenvalue weighted by Gasteiger charge is 2.13. The van der Waals surface area contributed by atoms with Crippen LogP contribution < -0.4 is 14.9 Å². The first-order chi connectivity index (χ1) is 12.5. The number of sulfonamides is 1. The largest absolute Gasteiger partial charge is 0.318 e. The van der Waals surface area contributed by atoms with E-state index in [2.05, 4.69) is 15.2 Å². The standard InChI is InChI=1S/C17H18N4O3S2/c1-21-14-9-5-6-10-15(14)25-17(21)20-19-16(22)11-12-18-26(23,24)13-7-3-2-4-8-13/h2-10,18H,11-12H2,1H3,(H,19,22)/b20-17-. The molecule has 2 aromatic carbocycles. The summed E-state index contributed by atoms with van der Waals surface area (Å²) in [4.78, 5) is 12.7. The molecule has 0 aliphatic rings. The second-order valence-corrected chi connectivity index (χ2v) is 8.30. The van der Waals surface area contributed by atoms with Crippen molar-refractivity contribution in [3.8, 4) is 0 Å². The number of thiazole rings is 1. The maximum absolute atomic E-state index is 12.1. The number of hydrogen-bond acceptors (Lipinski definition) is 5. The summed E-state index contributed by atoms with van der Waals surface area (Å²) in [5.74, 6) is -0.363. The summed E-state index contributed by atoms with van der Waals surface area (Å²) < 4.78 is 29.5. The van der Waals surface area contributed by atoms with E-state index in [1.165, 1.54) is 23.5 Å². The molecule has 136 valence electrons. The van der Waals surface area contributed by atoms with Crippen LogP contribution in [0, 0.1) is 0 Å². The van der Waals surface area contributed by atoms with Gasteiger partial charge in [0.15, 0.2) is 0 Å². The lowest BCUT2D eigenvalue weighted by atomic mass is 10.3. The molecular formula is C17H18N4O3S2. The van der Waals surface area contributed by atoms with Crippen molar-refractivity contribution in [3.05, 3.63) is 59.4 Å². The van der Waals surface area contributed by atoms with Gasteiger partial charge in [-0.2, -0.15) is 0 Å². The zero-order valence-corrected chi connectivity index (χ0v) is 15.7. The predicted molar refractivity (Wildman–Crippen MR) is 101 cm³/mol. The second kappa shape index (κ2) is 7.81. The second-order valence-electron chi connectivity index (χ2n) is 5.52. The average molecular weight is 390 g/mol. The third-order valence-corrected chi connectivity index (χ3v) is 6.28. The van der Waals surface area contributed by atoms with Gasteiger partial charge in [-0.3, -0.25) is 4.79 Å². The van der Waals surface area contributed by atoms with E-state index in [0.29, 0.717) is 4.80 Å². The molecule has 3 rings (SSSR count). The Kier molecular flexibility index (Phi) is 5.50. The first-order valence-corrected chi connectivity index (χ1v) is 10.2. The molecule has 0 unspecified atom stereocenters. The third-order valence-electron chi connectivity index (χ3n) is 3.69. The van der Waals surface area contributed by atoms with E-state index in [-0.39, 0.29) is 23.8 Å². The van der Waals surface area contributed by atoms with E-state index in [4.69, 9.17) is 0 Å². The number of hydrogen-bond donors (Lipinski definition) is 2. The summed E-state index contributed by atoms with van der Waals surface area (Å²) in [5.41, 5.74) is 3.50. The van der Waals surface area contributed by atoms with Gasteiger partial charge in [0.25, 0.3) is 0 Å². The Morgan fingerprint density at radius 1 is 1.12 bits per heavy atom. The molecule has 2 N–H and O–H groups in total. The van der Waals surface area contributed by atoms with E-state index in [0.717, 1.165) is 10.2 Å². The summed E-state index contributed by atoms with van der Waals surface area (Å²) in [5, 5.41) is 4.12. The number of rotatable bonds is 6. The molecule has 0 atom stereocenters. The number of fused-ring (bicyclic) bond motifs is 1. The van der Waals surface area contributed by atoms with Crippen LogP contribution in [0.2, 0.25) is 0 Å². The van der Waals surface area contributed by atoms with Gasteiger partial charge in [-0.1, -0.05) is 41.7 Å². The smallest absolute Gasteiger partial charge is 0.241 e. The van der Waals surface area contributed by atoms with Crippen LogP contribution in [-0.2, 0) is 21.9 Å². The number of carbonyl (C=O) groups excluding carboxylic acids is 1. The summed E-state index contributed by atoms with van der Waals surface area (Å²) in [7, 11) is -1.74. The number of aryl methyl sites for hydroxylation is 1. The van der Waals surface area contributed by atoms with Gasteiger partial charge in [-0.15, -0.1) is 5.10 Å². The van der Waals surface area contributed by atoms with Gasteiger partial charge in [-0.05, 0) is 24.3 Å². The topological polar surface area (TPSA) is 92.6 Å². The SMILES string of the molecule is Cn1/c(=N/NC(=O)CCNS(=O)(=O)c2ccccc2)sc2ccccc21. The van der Waals surface area contributed by atoms with Crippen LogP contribution in [0.25, 0.3) is 10.2 Å². The third kappa shape index (κ3) is 4.18. The van der Waals surface area contributed by atoms with Gasteiger partial charge in [0.1, 0.15) is 0 Å². The van der Waals surface area contributed by atoms with Crippen molar-refractivity contribution in [2.24, 2.45) is 12.1 Å². The Labute approximate surface area is 155 Å². The van der Waals surface area contributed by atoms with Crippen molar-refractivity contribution in [3.63, 3.8) is 0 Å². The zero-order valence-electron chi connectivity index (χ0n) is 14.0. The van der Waals surface area contributed by atoms with Crippen molar-refractivity contribution in [2.45, 2.75) is 11.3 Å². The Hall–Kier alpha value is -2.49. The Balaban J connectivity index is 1.58. The van der Waals surface area contributed by atoms with Crippen molar-refractivity contribution in [2.75, 3.05) is 6.54 Å². The minimum atomic E-state index is -3.61. The minimum Gasteiger partial charge on any atom is -0.318 e. The lowest BCUT2D eigenvalue weighted by molar-refractivity contribution is -0.121. The molecule has 1 heterocycles.